The molecule has 0 amide bonds. The smallest absolute Gasteiger partial charge is 0.159 e. The monoisotopic (exact) mass is 229 g/mol. The molecule has 1 aromatic heterocycles. The molecule has 0 saturated heterocycles. The summed E-state index contributed by atoms with van der Waals surface area (Å²) < 4.78 is 13.7. The number of nitrogens with zero attached hydrogens (tertiary/aromatic N) is 1. The molecule has 2 aromatic rings. The Morgan fingerprint density at radius 2 is 2.00 bits per heavy atom. The van der Waals surface area contributed by atoms with Gasteiger partial charge in [-0.1, -0.05) is 0 Å². The predicted molar refractivity (Wildman–Crippen MR) is 64.4 cm³/mol. The molecular weight excluding hydrogens is 217 g/mol. The van der Waals surface area contributed by atoms with E-state index in [9.17, 15) is 9.18 Å². The van der Waals surface area contributed by atoms with Gasteiger partial charge in [-0.05, 0) is 49.7 Å². The Bertz CT molecular complexity index is 578. The van der Waals surface area contributed by atoms with Crippen LogP contribution in [0.15, 0.2) is 36.5 Å². The number of benzene rings is 1. The Labute approximate surface area is 99.1 Å². The zero-order valence-corrected chi connectivity index (χ0v) is 9.70. The molecule has 0 N–H and O–H groups in total. The summed E-state index contributed by atoms with van der Waals surface area (Å²) in [4.78, 5) is 15.3. The van der Waals surface area contributed by atoms with Gasteiger partial charge in [-0.15, -0.1) is 0 Å². The minimum absolute atomic E-state index is 0.0722. The fourth-order valence-electron chi connectivity index (χ4n) is 1.68. The Morgan fingerprint density at radius 3 is 2.65 bits per heavy atom. The van der Waals surface area contributed by atoms with Crippen LogP contribution < -0.4 is 0 Å². The highest BCUT2D eigenvalue weighted by Gasteiger charge is 2.08. The van der Waals surface area contributed by atoms with E-state index in [0.717, 1.165) is 11.3 Å². The molecule has 0 aliphatic heterocycles. The SMILES string of the molecule is CC(=O)c1ccc(F)c(-c2ccnc(C)c2)c1. The molecular formula is C14H12FNO. The van der Waals surface area contributed by atoms with Crippen molar-refractivity contribution in [3.05, 3.63) is 53.6 Å². The molecule has 0 aliphatic rings. The van der Waals surface area contributed by atoms with Crippen molar-refractivity contribution in [1.29, 1.82) is 0 Å². The molecule has 0 spiro atoms. The lowest BCUT2D eigenvalue weighted by molar-refractivity contribution is 0.101. The number of Topliss-reactive ketones (excluding diaryl/α,β-unsaturated/α-hetero) is 1. The third-order valence-electron chi connectivity index (χ3n) is 2.58. The number of rotatable bonds is 2. The highest BCUT2D eigenvalue weighted by molar-refractivity contribution is 5.95. The van der Waals surface area contributed by atoms with Gasteiger partial charge in [-0.2, -0.15) is 0 Å². The maximum atomic E-state index is 13.7. The summed E-state index contributed by atoms with van der Waals surface area (Å²) in [5, 5.41) is 0. The van der Waals surface area contributed by atoms with Gasteiger partial charge in [0.1, 0.15) is 5.82 Å². The molecule has 17 heavy (non-hydrogen) atoms. The van der Waals surface area contributed by atoms with Gasteiger partial charge >= 0.3 is 0 Å². The maximum absolute atomic E-state index is 13.7. The molecule has 0 atom stereocenters. The fraction of sp³-hybridized carbons (Fsp3) is 0.143. The molecule has 0 fully saturated rings. The van der Waals surface area contributed by atoms with Gasteiger partial charge in [-0.3, -0.25) is 9.78 Å². The van der Waals surface area contributed by atoms with Crippen molar-refractivity contribution in [2.45, 2.75) is 13.8 Å². The van der Waals surface area contributed by atoms with Gasteiger partial charge < -0.3 is 0 Å². The molecule has 0 unspecified atom stereocenters. The topological polar surface area (TPSA) is 30.0 Å². The van der Waals surface area contributed by atoms with E-state index < -0.39 is 0 Å². The zero-order chi connectivity index (χ0) is 12.4. The second-order valence-electron chi connectivity index (χ2n) is 3.94. The molecule has 0 radical (unpaired) electrons. The Hall–Kier alpha value is -2.03. The predicted octanol–water partition coefficient (Wildman–Crippen LogP) is 3.40. The fourth-order valence-corrected chi connectivity index (χ4v) is 1.68. The summed E-state index contributed by atoms with van der Waals surface area (Å²) in [5.74, 6) is -0.405. The first-order valence-corrected chi connectivity index (χ1v) is 5.31. The molecule has 3 heteroatoms. The van der Waals surface area contributed by atoms with Crippen LogP contribution in [-0.4, -0.2) is 10.8 Å². The average molecular weight is 229 g/mol. The van der Waals surface area contributed by atoms with E-state index in [-0.39, 0.29) is 11.6 Å². The summed E-state index contributed by atoms with van der Waals surface area (Å²) in [6, 6.07) is 7.92. The molecule has 2 nitrogen and oxygen atoms in total. The van der Waals surface area contributed by atoms with Crippen molar-refractivity contribution in [2.75, 3.05) is 0 Å². The normalized spacial score (nSPS) is 10.3. The Balaban J connectivity index is 2.58. The minimum atomic E-state index is -0.333. The summed E-state index contributed by atoms with van der Waals surface area (Å²) in [6.45, 7) is 3.31. The van der Waals surface area contributed by atoms with Gasteiger partial charge in [0.05, 0.1) is 0 Å². The van der Waals surface area contributed by atoms with Crippen molar-refractivity contribution >= 4 is 5.78 Å². The lowest BCUT2D eigenvalue weighted by Gasteiger charge is -2.06. The summed E-state index contributed by atoms with van der Waals surface area (Å²) in [6.07, 6.45) is 1.63. The van der Waals surface area contributed by atoms with E-state index in [2.05, 4.69) is 4.98 Å². The van der Waals surface area contributed by atoms with E-state index in [4.69, 9.17) is 0 Å². The quantitative estimate of drug-likeness (QED) is 0.739. The number of aryl methyl sites for hydroxylation is 1. The van der Waals surface area contributed by atoms with E-state index in [1.54, 1.807) is 24.4 Å². The van der Waals surface area contributed by atoms with E-state index in [1.807, 2.05) is 6.92 Å². The third-order valence-corrected chi connectivity index (χ3v) is 2.58. The lowest BCUT2D eigenvalue weighted by atomic mass is 10.0. The van der Waals surface area contributed by atoms with Crippen LogP contribution in [0.1, 0.15) is 23.0 Å². The van der Waals surface area contributed by atoms with Crippen LogP contribution in [0.2, 0.25) is 0 Å². The lowest BCUT2D eigenvalue weighted by Crippen LogP contribution is -1.95. The van der Waals surface area contributed by atoms with Crippen LogP contribution in [0, 0.1) is 12.7 Å². The number of halogens is 1. The molecule has 0 aliphatic carbocycles. The van der Waals surface area contributed by atoms with Crippen molar-refractivity contribution in [2.24, 2.45) is 0 Å². The highest BCUT2D eigenvalue weighted by atomic mass is 19.1. The summed E-state index contributed by atoms with van der Waals surface area (Å²) in [5.41, 5.74) is 2.49. The third kappa shape index (κ3) is 2.38. The first-order chi connectivity index (χ1) is 8.08. The molecule has 2 rings (SSSR count). The number of pyridine rings is 1. The van der Waals surface area contributed by atoms with Gasteiger partial charge in [0, 0.05) is 23.0 Å². The summed E-state index contributed by atoms with van der Waals surface area (Å²) >= 11 is 0. The largest absolute Gasteiger partial charge is 0.295 e. The molecule has 1 heterocycles. The number of aromatic nitrogens is 1. The number of carbonyl (C=O) groups is 1. The highest BCUT2D eigenvalue weighted by Crippen LogP contribution is 2.24. The van der Waals surface area contributed by atoms with Gasteiger partial charge in [-0.25, -0.2) is 4.39 Å². The second-order valence-corrected chi connectivity index (χ2v) is 3.94. The molecule has 0 bridgehead atoms. The van der Waals surface area contributed by atoms with Crippen LogP contribution in [0.25, 0.3) is 11.1 Å². The standard InChI is InChI=1S/C14H12FNO/c1-9-7-12(5-6-16-9)13-8-11(10(2)17)3-4-14(13)15/h3-8H,1-2H3. The number of ketones is 1. The molecule has 1 aromatic carbocycles. The first-order valence-electron chi connectivity index (χ1n) is 5.31. The number of hydrogen-bond acceptors (Lipinski definition) is 2. The van der Waals surface area contributed by atoms with Crippen molar-refractivity contribution in [3.63, 3.8) is 0 Å². The van der Waals surface area contributed by atoms with Crippen molar-refractivity contribution in [1.82, 2.24) is 4.98 Å². The van der Waals surface area contributed by atoms with E-state index >= 15 is 0 Å². The number of carbonyl (C=O) groups excluding carboxylic acids is 1. The van der Waals surface area contributed by atoms with Gasteiger partial charge in [0.2, 0.25) is 0 Å². The Kier molecular flexibility index (Phi) is 3.00. The van der Waals surface area contributed by atoms with Crippen LogP contribution in [0.5, 0.6) is 0 Å². The average Bonchev–Trinajstić information content (AvgIpc) is 2.29. The maximum Gasteiger partial charge on any atom is 0.159 e. The van der Waals surface area contributed by atoms with Crippen LogP contribution in [-0.2, 0) is 0 Å². The van der Waals surface area contributed by atoms with Crippen LogP contribution in [0.4, 0.5) is 4.39 Å². The molecule has 86 valence electrons. The molecule has 0 saturated carbocycles. The van der Waals surface area contributed by atoms with E-state index in [0.29, 0.717) is 11.1 Å². The Morgan fingerprint density at radius 1 is 1.24 bits per heavy atom. The minimum Gasteiger partial charge on any atom is -0.295 e. The van der Waals surface area contributed by atoms with Gasteiger partial charge in [0.15, 0.2) is 5.78 Å². The zero-order valence-electron chi connectivity index (χ0n) is 9.70. The van der Waals surface area contributed by atoms with Crippen molar-refractivity contribution in [3.8, 4) is 11.1 Å². The second kappa shape index (κ2) is 4.45. The van der Waals surface area contributed by atoms with E-state index in [1.165, 1.54) is 19.1 Å². The van der Waals surface area contributed by atoms with Crippen LogP contribution >= 0.6 is 0 Å². The van der Waals surface area contributed by atoms with Crippen molar-refractivity contribution < 1.29 is 9.18 Å². The van der Waals surface area contributed by atoms with Crippen LogP contribution in [0.3, 0.4) is 0 Å². The number of hydrogen-bond donors (Lipinski definition) is 0. The summed E-state index contributed by atoms with van der Waals surface area (Å²) in [7, 11) is 0. The first kappa shape index (κ1) is 11.5. The van der Waals surface area contributed by atoms with Gasteiger partial charge in [0.25, 0.3) is 0 Å².